The van der Waals surface area contributed by atoms with Crippen molar-refractivity contribution in [1.82, 2.24) is 0 Å². The molecule has 13 heavy (non-hydrogen) atoms. The average molecular weight is 182 g/mol. The molecule has 0 amide bonds. The first-order valence-electron chi connectivity index (χ1n) is 5.82. The van der Waals surface area contributed by atoms with E-state index in [-0.39, 0.29) is 0 Å². The molecule has 0 radical (unpaired) electrons. The van der Waals surface area contributed by atoms with Gasteiger partial charge in [0.05, 0.1) is 12.2 Å². The van der Waals surface area contributed by atoms with Crippen molar-refractivity contribution in [2.24, 2.45) is 17.8 Å². The summed E-state index contributed by atoms with van der Waals surface area (Å²) < 4.78 is 5.89. The summed E-state index contributed by atoms with van der Waals surface area (Å²) in [6.45, 7) is 6.55. The van der Waals surface area contributed by atoms with Crippen LogP contribution in [0.3, 0.4) is 0 Å². The molecular formula is C12H22O. The van der Waals surface area contributed by atoms with Crippen LogP contribution < -0.4 is 0 Å². The molecule has 0 saturated heterocycles. The summed E-state index contributed by atoms with van der Waals surface area (Å²) in [7, 11) is 0. The second-order valence-electron chi connectivity index (χ2n) is 5.23. The molecule has 2 saturated carbocycles. The molecule has 0 aromatic rings. The quantitative estimate of drug-likeness (QED) is 0.651. The summed E-state index contributed by atoms with van der Waals surface area (Å²) in [6.07, 6.45) is 6.80. The lowest BCUT2D eigenvalue weighted by atomic mass is 9.85. The fourth-order valence-electron chi connectivity index (χ4n) is 3.40. The van der Waals surface area contributed by atoms with Gasteiger partial charge in [-0.2, -0.15) is 0 Å². The van der Waals surface area contributed by atoms with Crippen molar-refractivity contribution in [3.05, 3.63) is 0 Å². The molecule has 1 nitrogen and oxygen atoms in total. The number of hydrogen-bond donors (Lipinski definition) is 0. The Bertz CT molecular complexity index is 176. The SMILES string of the molecule is CC(C)OC(C)C1CC2CCC1C2. The highest BCUT2D eigenvalue weighted by Gasteiger charge is 2.42. The molecule has 4 unspecified atom stereocenters. The van der Waals surface area contributed by atoms with Crippen molar-refractivity contribution in [1.29, 1.82) is 0 Å². The van der Waals surface area contributed by atoms with Gasteiger partial charge in [0.1, 0.15) is 0 Å². The second kappa shape index (κ2) is 3.61. The third kappa shape index (κ3) is 1.90. The van der Waals surface area contributed by atoms with Gasteiger partial charge in [0.15, 0.2) is 0 Å². The molecule has 0 aliphatic heterocycles. The molecule has 2 bridgehead atoms. The lowest BCUT2D eigenvalue weighted by molar-refractivity contribution is -0.0291. The third-order valence-electron chi connectivity index (χ3n) is 3.88. The van der Waals surface area contributed by atoms with Crippen LogP contribution in [0, 0.1) is 17.8 Å². The summed E-state index contributed by atoms with van der Waals surface area (Å²) in [4.78, 5) is 0. The van der Waals surface area contributed by atoms with Crippen LogP contribution in [-0.2, 0) is 4.74 Å². The number of ether oxygens (including phenoxy) is 1. The Morgan fingerprint density at radius 3 is 2.31 bits per heavy atom. The smallest absolute Gasteiger partial charge is 0.0581 e. The van der Waals surface area contributed by atoms with Crippen molar-refractivity contribution in [3.63, 3.8) is 0 Å². The maximum Gasteiger partial charge on any atom is 0.0581 e. The topological polar surface area (TPSA) is 9.23 Å². The van der Waals surface area contributed by atoms with Crippen LogP contribution in [0.4, 0.5) is 0 Å². The summed E-state index contributed by atoms with van der Waals surface area (Å²) in [5.74, 6) is 2.92. The Morgan fingerprint density at radius 1 is 1.08 bits per heavy atom. The van der Waals surface area contributed by atoms with Gasteiger partial charge in [-0.15, -0.1) is 0 Å². The predicted molar refractivity (Wildman–Crippen MR) is 54.6 cm³/mol. The Hall–Kier alpha value is -0.0400. The minimum atomic E-state index is 0.397. The highest BCUT2D eigenvalue weighted by atomic mass is 16.5. The summed E-state index contributed by atoms with van der Waals surface area (Å²) in [5, 5.41) is 0. The first-order chi connectivity index (χ1) is 6.16. The van der Waals surface area contributed by atoms with E-state index >= 15 is 0 Å². The molecule has 2 fully saturated rings. The fraction of sp³-hybridized carbons (Fsp3) is 1.00. The zero-order valence-electron chi connectivity index (χ0n) is 9.12. The Balaban J connectivity index is 1.87. The number of rotatable bonds is 3. The minimum absolute atomic E-state index is 0.397. The van der Waals surface area contributed by atoms with Crippen LogP contribution in [0.2, 0.25) is 0 Å². The molecule has 2 aliphatic carbocycles. The van der Waals surface area contributed by atoms with Gasteiger partial charge >= 0.3 is 0 Å². The van der Waals surface area contributed by atoms with Crippen LogP contribution in [0.15, 0.2) is 0 Å². The van der Waals surface area contributed by atoms with Crippen LogP contribution in [-0.4, -0.2) is 12.2 Å². The second-order valence-corrected chi connectivity index (χ2v) is 5.23. The van der Waals surface area contributed by atoms with E-state index in [2.05, 4.69) is 20.8 Å². The standard InChI is InChI=1S/C12H22O/c1-8(2)13-9(3)12-7-10-4-5-11(12)6-10/h8-12H,4-7H2,1-3H3. The first-order valence-corrected chi connectivity index (χ1v) is 5.82. The average Bonchev–Trinajstić information content (AvgIpc) is 2.62. The zero-order chi connectivity index (χ0) is 9.42. The van der Waals surface area contributed by atoms with Crippen molar-refractivity contribution in [2.75, 3.05) is 0 Å². The summed E-state index contributed by atoms with van der Waals surface area (Å²) in [5.41, 5.74) is 0. The van der Waals surface area contributed by atoms with Gasteiger partial charge in [0.2, 0.25) is 0 Å². The van der Waals surface area contributed by atoms with Gasteiger partial charge in [-0.05, 0) is 57.8 Å². The van der Waals surface area contributed by atoms with Gasteiger partial charge in [0, 0.05) is 0 Å². The predicted octanol–water partition coefficient (Wildman–Crippen LogP) is 3.24. The molecule has 0 aromatic heterocycles. The molecule has 2 rings (SSSR count). The van der Waals surface area contributed by atoms with Gasteiger partial charge in [-0.25, -0.2) is 0 Å². The molecule has 0 N–H and O–H groups in total. The zero-order valence-corrected chi connectivity index (χ0v) is 9.12. The normalized spacial score (nSPS) is 40.2. The van der Waals surface area contributed by atoms with Crippen molar-refractivity contribution in [2.45, 2.75) is 58.7 Å². The highest BCUT2D eigenvalue weighted by Crippen LogP contribution is 2.50. The highest BCUT2D eigenvalue weighted by molar-refractivity contribution is 4.92. The monoisotopic (exact) mass is 182 g/mol. The van der Waals surface area contributed by atoms with E-state index in [1.54, 1.807) is 0 Å². The summed E-state index contributed by atoms with van der Waals surface area (Å²) >= 11 is 0. The Labute approximate surface area is 81.9 Å². The van der Waals surface area contributed by atoms with E-state index in [9.17, 15) is 0 Å². The van der Waals surface area contributed by atoms with Crippen LogP contribution in [0.1, 0.15) is 46.5 Å². The van der Waals surface area contributed by atoms with Crippen LogP contribution >= 0.6 is 0 Å². The maximum atomic E-state index is 5.89. The summed E-state index contributed by atoms with van der Waals surface area (Å²) in [6, 6.07) is 0. The fourth-order valence-corrected chi connectivity index (χ4v) is 3.40. The van der Waals surface area contributed by atoms with Gasteiger partial charge < -0.3 is 4.74 Å². The lowest BCUT2D eigenvalue weighted by Crippen LogP contribution is -2.28. The third-order valence-corrected chi connectivity index (χ3v) is 3.88. The molecule has 0 heterocycles. The number of fused-ring (bicyclic) bond motifs is 2. The van der Waals surface area contributed by atoms with Crippen molar-refractivity contribution < 1.29 is 4.74 Å². The lowest BCUT2D eigenvalue weighted by Gasteiger charge is -2.29. The molecule has 76 valence electrons. The molecule has 0 aromatic carbocycles. The molecule has 2 aliphatic rings. The first kappa shape index (κ1) is 9.51. The van der Waals surface area contributed by atoms with E-state index < -0.39 is 0 Å². The maximum absolute atomic E-state index is 5.89. The van der Waals surface area contributed by atoms with E-state index in [1.165, 1.54) is 25.7 Å². The van der Waals surface area contributed by atoms with Crippen LogP contribution in [0.25, 0.3) is 0 Å². The largest absolute Gasteiger partial charge is 0.376 e. The van der Waals surface area contributed by atoms with E-state index in [0.29, 0.717) is 12.2 Å². The molecular weight excluding hydrogens is 160 g/mol. The molecule has 0 spiro atoms. The van der Waals surface area contributed by atoms with Gasteiger partial charge in [-0.1, -0.05) is 6.42 Å². The van der Waals surface area contributed by atoms with Gasteiger partial charge in [0.25, 0.3) is 0 Å². The van der Waals surface area contributed by atoms with Crippen molar-refractivity contribution in [3.8, 4) is 0 Å². The van der Waals surface area contributed by atoms with E-state index in [4.69, 9.17) is 4.74 Å². The van der Waals surface area contributed by atoms with E-state index in [0.717, 1.165) is 17.8 Å². The van der Waals surface area contributed by atoms with Gasteiger partial charge in [-0.3, -0.25) is 0 Å². The Kier molecular flexibility index (Phi) is 2.64. The number of hydrogen-bond acceptors (Lipinski definition) is 1. The van der Waals surface area contributed by atoms with E-state index in [1.807, 2.05) is 0 Å². The minimum Gasteiger partial charge on any atom is -0.376 e. The van der Waals surface area contributed by atoms with Crippen molar-refractivity contribution >= 4 is 0 Å². The molecule has 4 atom stereocenters. The van der Waals surface area contributed by atoms with Crippen LogP contribution in [0.5, 0.6) is 0 Å². The Morgan fingerprint density at radius 2 is 1.85 bits per heavy atom. The molecule has 1 heteroatoms.